The maximum atomic E-state index is 12.3. The molecule has 1 heterocycles. The van der Waals surface area contributed by atoms with Gasteiger partial charge in [-0.2, -0.15) is 0 Å². The lowest BCUT2D eigenvalue weighted by atomic mass is 10.1. The highest BCUT2D eigenvalue weighted by Gasteiger charge is 2.23. The minimum absolute atomic E-state index is 0.196. The van der Waals surface area contributed by atoms with Crippen LogP contribution in [0.3, 0.4) is 0 Å². The molecule has 1 aromatic carbocycles. The van der Waals surface area contributed by atoms with Crippen molar-refractivity contribution in [3.63, 3.8) is 0 Å². The molecule has 0 saturated carbocycles. The van der Waals surface area contributed by atoms with E-state index in [0.29, 0.717) is 22.7 Å². The number of carbonyl (C=O) groups is 4. The maximum Gasteiger partial charge on any atom is 0.341 e. The number of nitrogens with one attached hydrogen (secondary N) is 2. The number of benzene rings is 1. The van der Waals surface area contributed by atoms with E-state index in [1.54, 1.807) is 19.1 Å². The number of thiophene rings is 1. The van der Waals surface area contributed by atoms with Gasteiger partial charge in [0.25, 0.3) is 5.91 Å². The van der Waals surface area contributed by atoms with Gasteiger partial charge in [-0.15, -0.1) is 11.3 Å². The summed E-state index contributed by atoms with van der Waals surface area (Å²) in [6.45, 7) is 6.55. The molecule has 8 nitrogen and oxygen atoms in total. The van der Waals surface area contributed by atoms with Gasteiger partial charge >= 0.3 is 11.9 Å². The lowest BCUT2D eigenvalue weighted by molar-refractivity contribution is -0.119. The third kappa shape index (κ3) is 5.90. The van der Waals surface area contributed by atoms with Crippen LogP contribution < -0.4 is 10.6 Å². The minimum Gasteiger partial charge on any atom is -0.462 e. The highest BCUT2D eigenvalue weighted by molar-refractivity contribution is 7.16. The lowest BCUT2D eigenvalue weighted by Gasteiger charge is -2.09. The van der Waals surface area contributed by atoms with E-state index in [2.05, 4.69) is 10.6 Å². The molecule has 9 heteroatoms. The molecular weight excluding hydrogens is 408 g/mol. The topological polar surface area (TPSA) is 111 Å². The molecule has 2 amide bonds. The fourth-order valence-corrected chi connectivity index (χ4v) is 3.97. The Morgan fingerprint density at radius 2 is 1.77 bits per heavy atom. The minimum atomic E-state index is -0.709. The summed E-state index contributed by atoms with van der Waals surface area (Å²) in [6.07, 6.45) is 0.617. The molecule has 0 fully saturated rings. The number of carbonyl (C=O) groups excluding carboxylic acids is 4. The molecule has 30 heavy (non-hydrogen) atoms. The normalized spacial score (nSPS) is 10.3. The zero-order valence-corrected chi connectivity index (χ0v) is 18.1. The molecule has 2 N–H and O–H groups in total. The summed E-state index contributed by atoms with van der Waals surface area (Å²) in [5, 5.41) is 5.58. The van der Waals surface area contributed by atoms with Crippen LogP contribution in [0.1, 0.15) is 51.9 Å². The van der Waals surface area contributed by atoms with Crippen molar-refractivity contribution in [2.75, 3.05) is 23.8 Å². The quantitative estimate of drug-likeness (QED) is 0.617. The first-order chi connectivity index (χ1) is 14.3. The average molecular weight is 432 g/mol. The van der Waals surface area contributed by atoms with Gasteiger partial charge < -0.3 is 20.1 Å². The van der Waals surface area contributed by atoms with Gasteiger partial charge in [-0.05, 0) is 44.0 Å². The number of esters is 2. The van der Waals surface area contributed by atoms with Crippen molar-refractivity contribution in [1.29, 1.82) is 0 Å². The number of anilines is 2. The number of rotatable bonds is 8. The van der Waals surface area contributed by atoms with Crippen LogP contribution in [0, 0.1) is 6.92 Å². The van der Waals surface area contributed by atoms with Crippen LogP contribution in [0.2, 0.25) is 0 Å². The lowest BCUT2D eigenvalue weighted by Crippen LogP contribution is -2.22. The third-order valence-corrected chi connectivity index (χ3v) is 5.11. The van der Waals surface area contributed by atoms with Crippen molar-refractivity contribution in [3.05, 3.63) is 45.8 Å². The van der Waals surface area contributed by atoms with Crippen molar-refractivity contribution in [3.8, 4) is 0 Å². The Labute approximate surface area is 178 Å². The zero-order valence-electron chi connectivity index (χ0n) is 17.3. The van der Waals surface area contributed by atoms with Gasteiger partial charge in [0, 0.05) is 17.5 Å². The van der Waals surface area contributed by atoms with Gasteiger partial charge in [0.1, 0.15) is 5.00 Å². The Bertz CT molecular complexity index is 966. The van der Waals surface area contributed by atoms with E-state index >= 15 is 0 Å². The fraction of sp³-hybridized carbons (Fsp3) is 0.333. The van der Waals surface area contributed by atoms with Crippen LogP contribution in [0.5, 0.6) is 0 Å². The van der Waals surface area contributed by atoms with Crippen LogP contribution in [-0.4, -0.2) is 37.0 Å². The predicted octanol–water partition coefficient (Wildman–Crippen LogP) is 3.55. The van der Waals surface area contributed by atoms with Crippen LogP contribution in [0.25, 0.3) is 0 Å². The number of hydrogen-bond donors (Lipinski definition) is 2. The van der Waals surface area contributed by atoms with Crippen LogP contribution in [0.15, 0.2) is 24.3 Å². The fourth-order valence-electron chi connectivity index (χ4n) is 2.82. The Hall–Kier alpha value is -3.20. The molecule has 0 atom stereocenters. The van der Waals surface area contributed by atoms with Gasteiger partial charge in [0.05, 0.1) is 17.7 Å². The Morgan fingerprint density at radius 1 is 1.03 bits per heavy atom. The summed E-state index contributed by atoms with van der Waals surface area (Å²) in [6, 6.07) is 6.19. The Morgan fingerprint density at radius 3 is 2.40 bits per heavy atom. The Kier molecular flexibility index (Phi) is 8.11. The number of aryl methyl sites for hydroxylation is 1. The first kappa shape index (κ1) is 23.1. The molecule has 1 aromatic heterocycles. The first-order valence-corrected chi connectivity index (χ1v) is 10.2. The second-order valence-electron chi connectivity index (χ2n) is 6.30. The van der Waals surface area contributed by atoms with Crippen molar-refractivity contribution in [1.82, 2.24) is 0 Å². The summed E-state index contributed by atoms with van der Waals surface area (Å²) >= 11 is 1.27. The van der Waals surface area contributed by atoms with E-state index in [0.717, 1.165) is 10.4 Å². The van der Waals surface area contributed by atoms with E-state index < -0.39 is 24.5 Å². The second kappa shape index (κ2) is 10.5. The Balaban J connectivity index is 2.05. The van der Waals surface area contributed by atoms with Crippen LogP contribution in [-0.2, 0) is 25.5 Å². The summed E-state index contributed by atoms with van der Waals surface area (Å²) in [7, 11) is 0. The van der Waals surface area contributed by atoms with Gasteiger partial charge in [-0.1, -0.05) is 13.0 Å². The summed E-state index contributed by atoms with van der Waals surface area (Å²) in [5.41, 5.74) is 1.80. The number of hydrogen-bond acceptors (Lipinski definition) is 7. The molecule has 0 radical (unpaired) electrons. The molecule has 0 aliphatic carbocycles. The molecule has 0 aliphatic heterocycles. The number of amides is 2. The zero-order chi connectivity index (χ0) is 22.3. The van der Waals surface area contributed by atoms with Crippen molar-refractivity contribution < 1.29 is 28.7 Å². The van der Waals surface area contributed by atoms with Crippen molar-refractivity contribution >= 4 is 45.8 Å². The largest absolute Gasteiger partial charge is 0.462 e. The summed E-state index contributed by atoms with van der Waals surface area (Å²) in [5.74, 6) is -2.05. The van der Waals surface area contributed by atoms with Crippen LogP contribution in [0.4, 0.5) is 10.7 Å². The highest BCUT2D eigenvalue weighted by Crippen LogP contribution is 2.34. The molecule has 0 unspecified atom stereocenters. The SMILES string of the molecule is CCOC(=O)c1c(NC(=O)COC(=O)c2cccc(NC(C)=O)c2)sc(C)c1CC. The molecule has 2 aromatic rings. The second-order valence-corrected chi connectivity index (χ2v) is 7.53. The van der Waals surface area contributed by atoms with E-state index in [9.17, 15) is 19.2 Å². The van der Waals surface area contributed by atoms with E-state index in [1.165, 1.54) is 30.4 Å². The molecule has 0 saturated heterocycles. The summed E-state index contributed by atoms with van der Waals surface area (Å²) in [4.78, 5) is 48.9. The van der Waals surface area contributed by atoms with E-state index in [4.69, 9.17) is 9.47 Å². The molecule has 160 valence electrons. The van der Waals surface area contributed by atoms with Crippen molar-refractivity contribution in [2.45, 2.75) is 34.1 Å². The summed E-state index contributed by atoms with van der Waals surface area (Å²) < 4.78 is 10.2. The molecular formula is C21H24N2O6S. The predicted molar refractivity (Wildman–Crippen MR) is 114 cm³/mol. The maximum absolute atomic E-state index is 12.3. The van der Waals surface area contributed by atoms with Crippen LogP contribution >= 0.6 is 11.3 Å². The molecule has 2 rings (SSSR count). The monoisotopic (exact) mass is 432 g/mol. The van der Waals surface area contributed by atoms with Gasteiger partial charge in [-0.3, -0.25) is 9.59 Å². The molecule has 0 bridgehead atoms. The van der Waals surface area contributed by atoms with E-state index in [1.807, 2.05) is 13.8 Å². The van der Waals surface area contributed by atoms with Gasteiger partial charge in [-0.25, -0.2) is 9.59 Å². The molecule has 0 aliphatic rings. The standard InChI is InChI=1S/C21H24N2O6S/c1-5-16-12(3)30-19(18(16)21(27)28-6-2)23-17(25)11-29-20(26)14-8-7-9-15(10-14)22-13(4)24/h7-10H,5-6,11H2,1-4H3,(H,22,24)(H,23,25). The number of ether oxygens (including phenoxy) is 2. The van der Waals surface area contributed by atoms with Gasteiger partial charge in [0.2, 0.25) is 5.91 Å². The van der Waals surface area contributed by atoms with Crippen molar-refractivity contribution in [2.24, 2.45) is 0 Å². The smallest absolute Gasteiger partial charge is 0.341 e. The molecule has 0 spiro atoms. The first-order valence-electron chi connectivity index (χ1n) is 9.40. The van der Waals surface area contributed by atoms with Gasteiger partial charge in [0.15, 0.2) is 6.61 Å². The highest BCUT2D eigenvalue weighted by atomic mass is 32.1. The van der Waals surface area contributed by atoms with E-state index in [-0.39, 0.29) is 18.1 Å². The third-order valence-electron chi connectivity index (χ3n) is 4.05. The average Bonchev–Trinajstić information content (AvgIpc) is 3.00.